The van der Waals surface area contributed by atoms with Gasteiger partial charge >= 0.3 is 0 Å². The quantitative estimate of drug-likeness (QED) is 0.352. The van der Waals surface area contributed by atoms with Crippen LogP contribution in [0.2, 0.25) is 0 Å². The van der Waals surface area contributed by atoms with Gasteiger partial charge in [-0.25, -0.2) is 4.98 Å². The fraction of sp³-hybridized carbons (Fsp3) is 0.765. The molecule has 0 saturated carbocycles. The molecule has 0 bridgehead atoms. The summed E-state index contributed by atoms with van der Waals surface area (Å²) in [7, 11) is 0. The normalized spacial score (nSPS) is 15.8. The molecule has 0 spiro atoms. The van der Waals surface area contributed by atoms with Gasteiger partial charge in [0, 0.05) is 31.4 Å². The maximum absolute atomic E-state index is 4.70. The maximum Gasteiger partial charge on any atom is 0.191 e. The van der Waals surface area contributed by atoms with E-state index in [1.54, 1.807) is 11.3 Å². The van der Waals surface area contributed by atoms with E-state index in [0.717, 1.165) is 45.0 Å². The maximum atomic E-state index is 4.70. The van der Waals surface area contributed by atoms with Gasteiger partial charge in [-0.1, -0.05) is 13.3 Å². The number of rotatable bonds is 8. The van der Waals surface area contributed by atoms with Crippen molar-refractivity contribution in [1.29, 1.82) is 0 Å². The summed E-state index contributed by atoms with van der Waals surface area (Å²) in [6, 6.07) is 0. The monoisotopic (exact) mass is 465 g/mol. The lowest BCUT2D eigenvalue weighted by Gasteiger charge is -2.25. The first kappa shape index (κ1) is 21.6. The van der Waals surface area contributed by atoms with Crippen LogP contribution in [-0.4, -0.2) is 55.1 Å². The summed E-state index contributed by atoms with van der Waals surface area (Å²) in [5, 5.41) is 10.1. The Morgan fingerprint density at radius 2 is 2.04 bits per heavy atom. The third kappa shape index (κ3) is 8.11. The molecule has 2 rings (SSSR count). The predicted molar refractivity (Wildman–Crippen MR) is 115 cm³/mol. The van der Waals surface area contributed by atoms with Crippen molar-refractivity contribution in [2.24, 2.45) is 4.99 Å². The third-order valence-electron chi connectivity index (χ3n) is 4.05. The molecule has 2 N–H and O–H groups in total. The first-order chi connectivity index (χ1) is 11.3. The number of nitrogens with zero attached hydrogens (tertiary/aromatic N) is 3. The van der Waals surface area contributed by atoms with Crippen molar-refractivity contribution in [1.82, 2.24) is 20.5 Å². The second-order valence-corrected chi connectivity index (χ2v) is 6.87. The van der Waals surface area contributed by atoms with Crippen LogP contribution in [0.1, 0.15) is 43.8 Å². The summed E-state index contributed by atoms with van der Waals surface area (Å²) in [5.74, 6) is 0.926. The van der Waals surface area contributed by atoms with E-state index in [1.165, 1.54) is 43.1 Å². The minimum Gasteiger partial charge on any atom is -0.357 e. The summed E-state index contributed by atoms with van der Waals surface area (Å²) < 4.78 is 0. The van der Waals surface area contributed by atoms with E-state index in [-0.39, 0.29) is 24.0 Å². The number of likely N-dealkylation sites (tertiary alicyclic amines) is 1. The van der Waals surface area contributed by atoms with Gasteiger partial charge in [0.05, 0.1) is 17.2 Å². The van der Waals surface area contributed by atoms with E-state index in [0.29, 0.717) is 0 Å². The number of aliphatic imine (C=N–C) groups is 1. The largest absolute Gasteiger partial charge is 0.357 e. The highest BCUT2D eigenvalue weighted by Gasteiger charge is 2.09. The van der Waals surface area contributed by atoms with Gasteiger partial charge in [-0.05, 0) is 39.3 Å². The fourth-order valence-electron chi connectivity index (χ4n) is 2.76. The zero-order valence-corrected chi connectivity index (χ0v) is 18.2. The Hall–Kier alpha value is -0.410. The Morgan fingerprint density at radius 1 is 1.25 bits per heavy atom. The molecule has 0 aromatic carbocycles. The van der Waals surface area contributed by atoms with Gasteiger partial charge in [-0.2, -0.15) is 0 Å². The molecule has 1 aliphatic rings. The van der Waals surface area contributed by atoms with E-state index >= 15 is 0 Å². The summed E-state index contributed by atoms with van der Waals surface area (Å²) in [5.41, 5.74) is 1.18. The molecule has 1 aromatic heterocycles. The first-order valence-corrected chi connectivity index (χ1v) is 9.87. The standard InChI is InChI=1S/C17H31N5S.HI/c1-3-16-21-15(14-23-16)8-9-19-17(18-4-2)20-10-13-22-11-6-5-7-12-22;/h14H,3-13H2,1-2H3,(H2,18,19,20);1H. The molecule has 0 aliphatic carbocycles. The molecule has 0 radical (unpaired) electrons. The van der Waals surface area contributed by atoms with Gasteiger partial charge < -0.3 is 15.5 Å². The van der Waals surface area contributed by atoms with Crippen molar-refractivity contribution in [3.8, 4) is 0 Å². The molecule has 24 heavy (non-hydrogen) atoms. The molecule has 1 aliphatic heterocycles. The van der Waals surface area contributed by atoms with E-state index in [4.69, 9.17) is 4.99 Å². The predicted octanol–water partition coefficient (Wildman–Crippen LogP) is 2.91. The van der Waals surface area contributed by atoms with Crippen LogP contribution in [-0.2, 0) is 12.8 Å². The molecule has 1 aromatic rings. The molecule has 7 heteroatoms. The Bertz CT molecular complexity index is 471. The van der Waals surface area contributed by atoms with Crippen molar-refractivity contribution in [3.63, 3.8) is 0 Å². The van der Waals surface area contributed by atoms with Crippen LogP contribution < -0.4 is 10.6 Å². The molecular formula is C17H32IN5S. The first-order valence-electron chi connectivity index (χ1n) is 8.99. The Balaban J connectivity index is 0.00000288. The number of aromatic nitrogens is 1. The minimum absolute atomic E-state index is 0. The third-order valence-corrected chi connectivity index (χ3v) is 5.10. The van der Waals surface area contributed by atoms with Gasteiger partial charge in [0.1, 0.15) is 0 Å². The fourth-order valence-corrected chi connectivity index (χ4v) is 3.54. The molecule has 1 saturated heterocycles. The Morgan fingerprint density at radius 3 is 2.71 bits per heavy atom. The van der Waals surface area contributed by atoms with E-state index in [2.05, 4.69) is 39.7 Å². The highest BCUT2D eigenvalue weighted by Crippen LogP contribution is 2.10. The topological polar surface area (TPSA) is 52.6 Å². The van der Waals surface area contributed by atoms with Crippen LogP contribution in [0, 0.1) is 0 Å². The molecular weight excluding hydrogens is 433 g/mol. The highest BCUT2D eigenvalue weighted by molar-refractivity contribution is 14.0. The van der Waals surface area contributed by atoms with Crippen LogP contribution in [0.25, 0.3) is 0 Å². The smallest absolute Gasteiger partial charge is 0.191 e. The molecule has 0 atom stereocenters. The lowest BCUT2D eigenvalue weighted by Crippen LogP contribution is -2.39. The van der Waals surface area contributed by atoms with Gasteiger partial charge in [-0.15, -0.1) is 35.3 Å². The second kappa shape index (κ2) is 12.9. The average Bonchev–Trinajstić information content (AvgIpc) is 3.04. The highest BCUT2D eigenvalue weighted by atomic mass is 127. The van der Waals surface area contributed by atoms with Crippen molar-refractivity contribution in [3.05, 3.63) is 16.1 Å². The number of hydrogen-bond acceptors (Lipinski definition) is 4. The van der Waals surface area contributed by atoms with Gasteiger partial charge in [0.2, 0.25) is 0 Å². The molecule has 1 fully saturated rings. The van der Waals surface area contributed by atoms with Crippen molar-refractivity contribution < 1.29 is 0 Å². The van der Waals surface area contributed by atoms with Crippen LogP contribution >= 0.6 is 35.3 Å². The molecule has 138 valence electrons. The number of halogens is 1. The number of nitrogens with one attached hydrogen (secondary N) is 2. The molecule has 2 heterocycles. The van der Waals surface area contributed by atoms with Crippen LogP contribution in [0.5, 0.6) is 0 Å². The Kier molecular flexibility index (Phi) is 11.6. The van der Waals surface area contributed by atoms with Gasteiger partial charge in [0.15, 0.2) is 5.96 Å². The van der Waals surface area contributed by atoms with E-state index < -0.39 is 0 Å². The number of guanidine groups is 1. The molecule has 0 amide bonds. The lowest BCUT2D eigenvalue weighted by atomic mass is 10.1. The van der Waals surface area contributed by atoms with Crippen LogP contribution in [0.3, 0.4) is 0 Å². The zero-order valence-electron chi connectivity index (χ0n) is 15.0. The number of piperidine rings is 1. The van der Waals surface area contributed by atoms with Crippen LogP contribution in [0.4, 0.5) is 0 Å². The SMILES string of the molecule is CCNC(=NCCN1CCCCC1)NCCc1csc(CC)n1.I. The summed E-state index contributed by atoms with van der Waals surface area (Å²) in [6.45, 7) is 10.4. The van der Waals surface area contributed by atoms with Crippen molar-refractivity contribution >= 4 is 41.3 Å². The van der Waals surface area contributed by atoms with Crippen molar-refractivity contribution in [2.45, 2.75) is 46.0 Å². The summed E-state index contributed by atoms with van der Waals surface area (Å²) >= 11 is 1.76. The average molecular weight is 465 g/mol. The number of aryl methyl sites for hydroxylation is 1. The second-order valence-electron chi connectivity index (χ2n) is 5.93. The van der Waals surface area contributed by atoms with E-state index in [9.17, 15) is 0 Å². The van der Waals surface area contributed by atoms with Gasteiger partial charge in [0.25, 0.3) is 0 Å². The lowest BCUT2D eigenvalue weighted by molar-refractivity contribution is 0.235. The van der Waals surface area contributed by atoms with Gasteiger partial charge in [-0.3, -0.25) is 4.99 Å². The summed E-state index contributed by atoms with van der Waals surface area (Å²) in [6.07, 6.45) is 6.05. The van der Waals surface area contributed by atoms with Crippen LogP contribution in [0.15, 0.2) is 10.4 Å². The molecule has 0 unspecified atom stereocenters. The minimum atomic E-state index is 0. The number of thiazole rings is 1. The van der Waals surface area contributed by atoms with Crippen molar-refractivity contribution in [2.75, 3.05) is 39.3 Å². The molecule has 5 nitrogen and oxygen atoms in total. The zero-order chi connectivity index (χ0) is 16.3. The summed E-state index contributed by atoms with van der Waals surface area (Å²) in [4.78, 5) is 11.8. The van der Waals surface area contributed by atoms with E-state index in [1.807, 2.05) is 0 Å². The number of hydrogen-bond donors (Lipinski definition) is 2. The Labute approximate surface area is 167 Å².